The first-order chi connectivity index (χ1) is 5.85. The molecule has 0 aromatic rings. The van der Waals surface area contributed by atoms with Gasteiger partial charge in [0.1, 0.15) is 0 Å². The van der Waals surface area contributed by atoms with E-state index in [1.165, 1.54) is 12.2 Å². The number of nitrogens with one attached hydrogen (secondary N) is 1. The van der Waals surface area contributed by atoms with Crippen LogP contribution in [0.2, 0.25) is 0 Å². The summed E-state index contributed by atoms with van der Waals surface area (Å²) in [5.41, 5.74) is 0. The molecule has 0 heterocycles. The smallest absolute Gasteiger partial charge is 0.0615 e. The van der Waals surface area contributed by atoms with Gasteiger partial charge in [0.2, 0.25) is 0 Å². The molecule has 0 aliphatic heterocycles. The van der Waals surface area contributed by atoms with Crippen LogP contribution in [0, 0.1) is 0 Å². The third kappa shape index (κ3) is 6.95. The Morgan fingerprint density at radius 3 is 2.75 bits per heavy atom. The summed E-state index contributed by atoms with van der Waals surface area (Å²) in [6.07, 6.45) is 4.54. The summed E-state index contributed by atoms with van der Waals surface area (Å²) in [6, 6.07) is 0.539. The van der Waals surface area contributed by atoms with Crippen LogP contribution in [0.5, 0.6) is 0 Å². The van der Waals surface area contributed by atoms with Crippen molar-refractivity contribution >= 4 is 11.8 Å². The van der Waals surface area contributed by atoms with Crippen molar-refractivity contribution in [2.24, 2.45) is 0 Å². The monoisotopic (exact) mass is 191 g/mol. The van der Waals surface area contributed by atoms with Gasteiger partial charge < -0.3 is 10.1 Å². The van der Waals surface area contributed by atoms with Crippen LogP contribution in [0.3, 0.4) is 0 Å². The zero-order valence-electron chi connectivity index (χ0n) is 8.43. The Hall–Kier alpha value is 0.270. The highest BCUT2D eigenvalue weighted by Crippen LogP contribution is 1.96. The van der Waals surface area contributed by atoms with Crippen LogP contribution in [0.4, 0.5) is 0 Å². The lowest BCUT2D eigenvalue weighted by atomic mass is 10.2. The van der Waals surface area contributed by atoms with E-state index in [4.69, 9.17) is 4.74 Å². The lowest BCUT2D eigenvalue weighted by Crippen LogP contribution is -2.33. The second kappa shape index (κ2) is 9.36. The fourth-order valence-corrected chi connectivity index (χ4v) is 1.48. The Bertz CT molecular complexity index is 90.6. The third-order valence-corrected chi connectivity index (χ3v) is 2.52. The molecular weight excluding hydrogens is 170 g/mol. The maximum Gasteiger partial charge on any atom is 0.0615 e. The minimum Gasteiger partial charge on any atom is -0.383 e. The van der Waals surface area contributed by atoms with E-state index < -0.39 is 0 Å². The average molecular weight is 191 g/mol. The molecular formula is C9H21NOS. The number of hydrogen-bond donors (Lipinski definition) is 1. The van der Waals surface area contributed by atoms with Gasteiger partial charge >= 0.3 is 0 Å². The van der Waals surface area contributed by atoms with Crippen LogP contribution in [-0.2, 0) is 4.74 Å². The fourth-order valence-electron chi connectivity index (χ4n) is 1.04. The first kappa shape index (κ1) is 12.3. The Labute approximate surface area is 80.4 Å². The second-order valence-electron chi connectivity index (χ2n) is 2.86. The summed E-state index contributed by atoms with van der Waals surface area (Å²) in [5.74, 6) is 1.25. The first-order valence-corrected chi connectivity index (χ1v) is 5.95. The topological polar surface area (TPSA) is 21.3 Å². The molecule has 0 aromatic heterocycles. The molecule has 0 amide bonds. The molecule has 0 fully saturated rings. The summed E-state index contributed by atoms with van der Waals surface area (Å²) in [4.78, 5) is 0. The molecule has 0 spiro atoms. The zero-order chi connectivity index (χ0) is 9.23. The largest absolute Gasteiger partial charge is 0.383 e. The van der Waals surface area contributed by atoms with Gasteiger partial charge in [-0.15, -0.1) is 0 Å². The summed E-state index contributed by atoms with van der Waals surface area (Å²) in [5, 5.41) is 3.47. The Balaban J connectivity index is 3.19. The first-order valence-electron chi connectivity index (χ1n) is 4.56. The van der Waals surface area contributed by atoms with Gasteiger partial charge in [-0.2, -0.15) is 11.8 Å². The lowest BCUT2D eigenvalue weighted by Gasteiger charge is -2.15. The average Bonchev–Trinajstić information content (AvgIpc) is 2.10. The van der Waals surface area contributed by atoms with Crippen molar-refractivity contribution in [1.82, 2.24) is 5.32 Å². The van der Waals surface area contributed by atoms with E-state index in [1.54, 1.807) is 7.11 Å². The summed E-state index contributed by atoms with van der Waals surface area (Å²) < 4.78 is 5.08. The van der Waals surface area contributed by atoms with Gasteiger partial charge in [-0.3, -0.25) is 0 Å². The van der Waals surface area contributed by atoms with E-state index >= 15 is 0 Å². The number of methoxy groups -OCH3 is 1. The normalized spacial score (nSPS) is 13.2. The standard InChI is InChI=1S/C9H21NOS/c1-4-9(8-11-2)10-6-5-7-12-3/h9-10H,4-8H2,1-3H3. The van der Waals surface area contributed by atoms with E-state index in [-0.39, 0.29) is 0 Å². The van der Waals surface area contributed by atoms with E-state index in [2.05, 4.69) is 18.5 Å². The van der Waals surface area contributed by atoms with Crippen molar-refractivity contribution in [3.63, 3.8) is 0 Å². The SMILES string of the molecule is CCC(COC)NCCCSC. The molecule has 0 saturated carbocycles. The highest BCUT2D eigenvalue weighted by molar-refractivity contribution is 7.98. The maximum atomic E-state index is 5.08. The van der Waals surface area contributed by atoms with Crippen LogP contribution < -0.4 is 5.32 Å². The molecule has 3 heteroatoms. The van der Waals surface area contributed by atoms with Gasteiger partial charge in [0.25, 0.3) is 0 Å². The molecule has 0 rings (SSSR count). The van der Waals surface area contributed by atoms with Crippen molar-refractivity contribution in [1.29, 1.82) is 0 Å². The Kier molecular flexibility index (Phi) is 9.57. The second-order valence-corrected chi connectivity index (χ2v) is 3.85. The predicted octanol–water partition coefficient (Wildman–Crippen LogP) is 1.75. The molecule has 2 nitrogen and oxygen atoms in total. The number of ether oxygens (including phenoxy) is 1. The quantitative estimate of drug-likeness (QED) is 0.591. The molecule has 0 aliphatic rings. The van der Waals surface area contributed by atoms with Crippen LogP contribution >= 0.6 is 11.8 Å². The summed E-state index contributed by atoms with van der Waals surface area (Å²) in [6.45, 7) is 4.13. The highest BCUT2D eigenvalue weighted by atomic mass is 32.2. The zero-order valence-corrected chi connectivity index (χ0v) is 9.25. The predicted molar refractivity (Wildman–Crippen MR) is 57.0 cm³/mol. The number of thioether (sulfide) groups is 1. The van der Waals surface area contributed by atoms with Gasteiger partial charge in [-0.25, -0.2) is 0 Å². The summed E-state index contributed by atoms with van der Waals surface area (Å²) in [7, 11) is 1.76. The van der Waals surface area contributed by atoms with Crippen LogP contribution in [0.15, 0.2) is 0 Å². The molecule has 0 aliphatic carbocycles. The molecule has 1 atom stereocenters. The van der Waals surface area contributed by atoms with Crippen LogP contribution in [-0.4, -0.2) is 38.3 Å². The van der Waals surface area contributed by atoms with Crippen LogP contribution in [0.1, 0.15) is 19.8 Å². The van der Waals surface area contributed by atoms with Gasteiger partial charge in [-0.05, 0) is 31.4 Å². The highest BCUT2D eigenvalue weighted by Gasteiger charge is 2.02. The molecule has 0 saturated heterocycles. The Morgan fingerprint density at radius 1 is 1.50 bits per heavy atom. The number of rotatable bonds is 8. The molecule has 1 unspecified atom stereocenters. The van der Waals surface area contributed by atoms with E-state index in [0.29, 0.717) is 6.04 Å². The molecule has 1 N–H and O–H groups in total. The van der Waals surface area contributed by atoms with Gasteiger partial charge in [0.05, 0.1) is 6.61 Å². The van der Waals surface area contributed by atoms with E-state index in [1.807, 2.05) is 11.8 Å². The molecule has 0 radical (unpaired) electrons. The maximum absolute atomic E-state index is 5.08. The Morgan fingerprint density at radius 2 is 2.25 bits per heavy atom. The molecule has 74 valence electrons. The van der Waals surface area contributed by atoms with E-state index in [9.17, 15) is 0 Å². The third-order valence-electron chi connectivity index (χ3n) is 1.82. The minimum atomic E-state index is 0.539. The van der Waals surface area contributed by atoms with Crippen molar-refractivity contribution in [3.8, 4) is 0 Å². The van der Waals surface area contributed by atoms with E-state index in [0.717, 1.165) is 19.6 Å². The minimum absolute atomic E-state index is 0.539. The fraction of sp³-hybridized carbons (Fsp3) is 1.00. The van der Waals surface area contributed by atoms with Gasteiger partial charge in [-0.1, -0.05) is 6.92 Å². The molecule has 0 aromatic carbocycles. The summed E-state index contributed by atoms with van der Waals surface area (Å²) >= 11 is 1.90. The van der Waals surface area contributed by atoms with Crippen molar-refractivity contribution in [3.05, 3.63) is 0 Å². The van der Waals surface area contributed by atoms with Gasteiger partial charge in [0, 0.05) is 13.2 Å². The lowest BCUT2D eigenvalue weighted by molar-refractivity contribution is 0.164. The molecule has 12 heavy (non-hydrogen) atoms. The van der Waals surface area contributed by atoms with Crippen molar-refractivity contribution in [2.75, 3.05) is 32.3 Å². The van der Waals surface area contributed by atoms with Crippen molar-refractivity contribution in [2.45, 2.75) is 25.8 Å². The molecule has 0 bridgehead atoms. The number of hydrogen-bond acceptors (Lipinski definition) is 3. The van der Waals surface area contributed by atoms with Crippen LogP contribution in [0.25, 0.3) is 0 Å². The van der Waals surface area contributed by atoms with Crippen molar-refractivity contribution < 1.29 is 4.74 Å². The van der Waals surface area contributed by atoms with Gasteiger partial charge in [0.15, 0.2) is 0 Å².